The summed E-state index contributed by atoms with van der Waals surface area (Å²) in [7, 11) is 0. The molecule has 2 N–H and O–H groups in total. The molecule has 2 rings (SSSR count). The van der Waals surface area contributed by atoms with E-state index in [4.69, 9.17) is 23.2 Å². The van der Waals surface area contributed by atoms with Crippen molar-refractivity contribution in [2.45, 2.75) is 13.0 Å². The predicted molar refractivity (Wildman–Crippen MR) is 94.6 cm³/mol. The number of rotatable bonds is 6. The zero-order valence-electron chi connectivity index (χ0n) is 13.1. The van der Waals surface area contributed by atoms with Crippen LogP contribution in [0.1, 0.15) is 18.5 Å². The van der Waals surface area contributed by atoms with Gasteiger partial charge in [-0.3, -0.25) is 14.9 Å². The van der Waals surface area contributed by atoms with Crippen LogP contribution in [-0.2, 0) is 4.79 Å². The van der Waals surface area contributed by atoms with Crippen molar-refractivity contribution < 1.29 is 14.1 Å². The summed E-state index contributed by atoms with van der Waals surface area (Å²) in [5.41, 5.74) is 0.651. The van der Waals surface area contributed by atoms with Gasteiger partial charge >= 0.3 is 0 Å². The average molecular weight is 386 g/mol. The van der Waals surface area contributed by atoms with Crippen LogP contribution in [0.3, 0.4) is 0 Å². The highest BCUT2D eigenvalue weighted by Gasteiger charge is 2.15. The molecule has 6 nitrogen and oxygen atoms in total. The van der Waals surface area contributed by atoms with Crippen LogP contribution in [0.2, 0.25) is 10.0 Å². The molecule has 0 unspecified atom stereocenters. The first-order chi connectivity index (χ1) is 11.8. The number of amides is 1. The molecule has 2 aromatic carbocycles. The fourth-order valence-electron chi connectivity index (χ4n) is 2.13. The van der Waals surface area contributed by atoms with Crippen molar-refractivity contribution in [2.24, 2.45) is 0 Å². The van der Waals surface area contributed by atoms with Crippen molar-refractivity contribution in [3.8, 4) is 0 Å². The first-order valence-electron chi connectivity index (χ1n) is 7.20. The van der Waals surface area contributed by atoms with E-state index in [1.165, 1.54) is 30.3 Å². The second-order valence-corrected chi connectivity index (χ2v) is 6.06. The molecule has 0 spiro atoms. The van der Waals surface area contributed by atoms with Gasteiger partial charge in [-0.1, -0.05) is 29.3 Å². The van der Waals surface area contributed by atoms with Gasteiger partial charge in [-0.25, -0.2) is 4.39 Å². The van der Waals surface area contributed by atoms with Gasteiger partial charge in [-0.2, -0.15) is 0 Å². The number of nitrogens with zero attached hydrogens (tertiary/aromatic N) is 1. The second-order valence-electron chi connectivity index (χ2n) is 5.25. The minimum atomic E-state index is -0.601. The number of nitro benzene ring substituents is 1. The third-order valence-electron chi connectivity index (χ3n) is 3.42. The van der Waals surface area contributed by atoms with Gasteiger partial charge in [0.1, 0.15) is 5.82 Å². The summed E-state index contributed by atoms with van der Waals surface area (Å²) >= 11 is 11.7. The minimum absolute atomic E-state index is 0.0793. The first kappa shape index (κ1) is 19.1. The van der Waals surface area contributed by atoms with Gasteiger partial charge in [0, 0.05) is 28.9 Å². The number of hydrogen-bond donors (Lipinski definition) is 2. The molecule has 0 saturated heterocycles. The standard InChI is InChI=1S/C16H14Cl2FN3O3/c1-9(12-6-15(19)14(18)7-13(12)17)20-8-16(23)21-10-3-2-4-11(5-10)22(24)25/h2-7,9,20H,8H2,1H3,(H,21,23)/t9-/m1/s1. The SMILES string of the molecule is C[C@@H](NCC(=O)Nc1cccc([N+](=O)[O-])c1)c1cc(F)c(Cl)cc1Cl. The highest BCUT2D eigenvalue weighted by Crippen LogP contribution is 2.28. The van der Waals surface area contributed by atoms with Crippen molar-refractivity contribution in [3.05, 3.63) is 67.9 Å². The molecule has 1 amide bonds. The molecule has 0 radical (unpaired) electrons. The Balaban J connectivity index is 1.97. The van der Waals surface area contributed by atoms with Crippen LogP contribution < -0.4 is 10.6 Å². The van der Waals surface area contributed by atoms with E-state index < -0.39 is 22.7 Å². The lowest BCUT2D eigenvalue weighted by Gasteiger charge is -2.16. The number of hydrogen-bond acceptors (Lipinski definition) is 4. The van der Waals surface area contributed by atoms with Crippen molar-refractivity contribution in [2.75, 3.05) is 11.9 Å². The monoisotopic (exact) mass is 385 g/mol. The Hall–Kier alpha value is -2.22. The van der Waals surface area contributed by atoms with Gasteiger partial charge in [0.05, 0.1) is 16.5 Å². The fourth-order valence-corrected chi connectivity index (χ4v) is 2.67. The van der Waals surface area contributed by atoms with E-state index in [-0.39, 0.29) is 22.3 Å². The smallest absolute Gasteiger partial charge is 0.271 e. The lowest BCUT2D eigenvalue weighted by Crippen LogP contribution is -2.30. The number of non-ortho nitro benzene ring substituents is 1. The van der Waals surface area contributed by atoms with Crippen molar-refractivity contribution in [1.82, 2.24) is 5.32 Å². The largest absolute Gasteiger partial charge is 0.325 e. The predicted octanol–water partition coefficient (Wildman–Crippen LogP) is 4.33. The Kier molecular flexibility index (Phi) is 6.30. The zero-order valence-corrected chi connectivity index (χ0v) is 14.6. The number of nitro groups is 1. The lowest BCUT2D eigenvalue weighted by atomic mass is 10.1. The van der Waals surface area contributed by atoms with Gasteiger partial charge in [-0.15, -0.1) is 0 Å². The third kappa shape index (κ3) is 5.12. The van der Waals surface area contributed by atoms with E-state index in [1.807, 2.05) is 0 Å². The molecule has 1 atom stereocenters. The van der Waals surface area contributed by atoms with Gasteiger partial charge < -0.3 is 10.6 Å². The van der Waals surface area contributed by atoms with Crippen molar-refractivity contribution >= 4 is 40.5 Å². The lowest BCUT2D eigenvalue weighted by molar-refractivity contribution is -0.384. The summed E-state index contributed by atoms with van der Waals surface area (Å²) in [5, 5.41) is 16.4. The normalized spacial score (nSPS) is 11.8. The number of halogens is 3. The zero-order chi connectivity index (χ0) is 18.6. The number of benzene rings is 2. The Morgan fingerprint density at radius 2 is 2.00 bits per heavy atom. The molecule has 0 aromatic heterocycles. The molecule has 2 aromatic rings. The van der Waals surface area contributed by atoms with Crippen LogP contribution in [-0.4, -0.2) is 17.4 Å². The molecule has 0 bridgehead atoms. The molecule has 0 aliphatic rings. The van der Waals surface area contributed by atoms with Crippen molar-refractivity contribution in [3.63, 3.8) is 0 Å². The van der Waals surface area contributed by atoms with Gasteiger partial charge in [0.25, 0.3) is 5.69 Å². The molecule has 9 heteroatoms. The van der Waals surface area contributed by atoms with Gasteiger partial charge in [0.2, 0.25) is 5.91 Å². The Labute approximate surface area is 153 Å². The number of nitrogens with one attached hydrogen (secondary N) is 2. The summed E-state index contributed by atoms with van der Waals surface area (Å²) in [5.74, 6) is -1.01. The highest BCUT2D eigenvalue weighted by atomic mass is 35.5. The summed E-state index contributed by atoms with van der Waals surface area (Å²) in [4.78, 5) is 22.1. The Bertz CT molecular complexity index is 817. The number of carbonyl (C=O) groups is 1. The number of anilines is 1. The molecule has 0 saturated carbocycles. The highest BCUT2D eigenvalue weighted by molar-refractivity contribution is 6.35. The maximum absolute atomic E-state index is 13.6. The van der Waals surface area contributed by atoms with Crippen LogP contribution in [0, 0.1) is 15.9 Å². The van der Waals surface area contributed by atoms with E-state index in [1.54, 1.807) is 13.0 Å². The van der Waals surface area contributed by atoms with Crippen LogP contribution in [0.4, 0.5) is 15.8 Å². The van der Waals surface area contributed by atoms with Crippen LogP contribution in [0.15, 0.2) is 36.4 Å². The second kappa shape index (κ2) is 8.24. The molecule has 0 fully saturated rings. The average Bonchev–Trinajstić information content (AvgIpc) is 2.56. The van der Waals surface area contributed by atoms with E-state index in [0.717, 1.165) is 0 Å². The van der Waals surface area contributed by atoms with Gasteiger partial charge in [0.15, 0.2) is 0 Å². The molecule has 0 heterocycles. The summed E-state index contributed by atoms with van der Waals surface area (Å²) in [6, 6.07) is 7.70. The Morgan fingerprint density at radius 1 is 1.28 bits per heavy atom. The van der Waals surface area contributed by atoms with E-state index >= 15 is 0 Å². The first-order valence-corrected chi connectivity index (χ1v) is 7.95. The molecule has 25 heavy (non-hydrogen) atoms. The molecule has 0 aliphatic heterocycles. The summed E-state index contributed by atoms with van der Waals surface area (Å²) < 4.78 is 13.6. The van der Waals surface area contributed by atoms with Crippen LogP contribution in [0.25, 0.3) is 0 Å². The molecular formula is C16H14Cl2FN3O3. The van der Waals surface area contributed by atoms with E-state index in [2.05, 4.69) is 10.6 Å². The number of carbonyl (C=O) groups excluding carboxylic acids is 1. The van der Waals surface area contributed by atoms with Crippen molar-refractivity contribution in [1.29, 1.82) is 0 Å². The Morgan fingerprint density at radius 3 is 2.68 bits per heavy atom. The van der Waals surface area contributed by atoms with Crippen LogP contribution >= 0.6 is 23.2 Å². The molecule has 0 aliphatic carbocycles. The minimum Gasteiger partial charge on any atom is -0.325 e. The maximum atomic E-state index is 13.6. The summed E-state index contributed by atoms with van der Waals surface area (Å²) in [6.45, 7) is 1.62. The molecule has 132 valence electrons. The third-order valence-corrected chi connectivity index (χ3v) is 4.03. The van der Waals surface area contributed by atoms with E-state index in [0.29, 0.717) is 11.3 Å². The summed E-state index contributed by atoms with van der Waals surface area (Å²) in [6.07, 6.45) is 0. The van der Waals surface area contributed by atoms with Gasteiger partial charge in [-0.05, 0) is 30.7 Å². The fraction of sp³-hybridized carbons (Fsp3) is 0.188. The van der Waals surface area contributed by atoms with E-state index in [9.17, 15) is 19.3 Å². The van der Waals surface area contributed by atoms with Crippen LogP contribution in [0.5, 0.6) is 0 Å². The maximum Gasteiger partial charge on any atom is 0.271 e. The topological polar surface area (TPSA) is 84.3 Å². The molecular weight excluding hydrogens is 372 g/mol. The quantitative estimate of drug-likeness (QED) is 0.440.